The average molecular weight is 464 g/mol. The van der Waals surface area contributed by atoms with Crippen LogP contribution < -0.4 is 0 Å². The van der Waals surface area contributed by atoms with Crippen LogP contribution in [0.3, 0.4) is 0 Å². The second kappa shape index (κ2) is 7.62. The molecule has 0 amide bonds. The van der Waals surface area contributed by atoms with E-state index in [4.69, 9.17) is 0 Å². The summed E-state index contributed by atoms with van der Waals surface area (Å²) >= 11 is 0. The van der Waals surface area contributed by atoms with Gasteiger partial charge in [0.05, 0.1) is 28.1 Å². The third kappa shape index (κ3) is 4.40. The minimum absolute atomic E-state index is 0.0735. The quantitative estimate of drug-likeness (QED) is 0.536. The van der Waals surface area contributed by atoms with Crippen LogP contribution in [0, 0.1) is 0 Å². The first-order valence-corrected chi connectivity index (χ1v) is 10.3. The third-order valence-corrected chi connectivity index (χ3v) is 6.19. The van der Waals surface area contributed by atoms with Crippen LogP contribution in [0.4, 0.5) is 26.3 Å². The molecule has 6 nitrogen and oxygen atoms in total. The fourth-order valence-electron chi connectivity index (χ4n) is 2.77. The molecule has 0 atom stereocenters. The van der Waals surface area contributed by atoms with Crippen molar-refractivity contribution in [2.75, 3.05) is 5.75 Å². The Morgan fingerprint density at radius 2 is 1.61 bits per heavy atom. The molecule has 3 heterocycles. The lowest BCUT2D eigenvalue weighted by atomic mass is 10.2. The smallest absolute Gasteiger partial charge is 0.326 e. The van der Waals surface area contributed by atoms with Gasteiger partial charge in [0.2, 0.25) is 0 Å². The van der Waals surface area contributed by atoms with Crippen molar-refractivity contribution in [3.8, 4) is 22.8 Å². The first kappa shape index (κ1) is 22.7. The second-order valence-corrected chi connectivity index (χ2v) is 8.67. The molecule has 0 bridgehead atoms. The molecular weight excluding hydrogens is 450 g/mol. The molecule has 0 aliphatic carbocycles. The summed E-state index contributed by atoms with van der Waals surface area (Å²) in [7, 11) is -2.68. The zero-order chi connectivity index (χ0) is 23.2. The van der Waals surface area contributed by atoms with Crippen molar-refractivity contribution in [2.24, 2.45) is 7.05 Å². The molecule has 0 fully saturated rings. The van der Waals surface area contributed by atoms with E-state index in [1.165, 1.54) is 24.7 Å². The molecule has 31 heavy (non-hydrogen) atoms. The highest BCUT2D eigenvalue weighted by molar-refractivity contribution is 7.91. The van der Waals surface area contributed by atoms with Crippen molar-refractivity contribution in [3.05, 3.63) is 48.0 Å². The van der Waals surface area contributed by atoms with Gasteiger partial charge in [-0.2, -0.15) is 26.3 Å². The number of pyridine rings is 2. The summed E-state index contributed by atoms with van der Waals surface area (Å²) < 4.78 is 104. The Bertz CT molecular complexity index is 1220. The molecule has 0 radical (unpaired) electrons. The van der Waals surface area contributed by atoms with Gasteiger partial charge >= 0.3 is 12.4 Å². The van der Waals surface area contributed by atoms with Crippen LogP contribution in [0.2, 0.25) is 0 Å². The van der Waals surface area contributed by atoms with Gasteiger partial charge in [-0.15, -0.1) is 0 Å². The highest BCUT2D eigenvalue weighted by Gasteiger charge is 2.35. The molecular formula is C18H14F6N4O2S. The minimum atomic E-state index is -4.80. The van der Waals surface area contributed by atoms with Crippen molar-refractivity contribution < 1.29 is 34.8 Å². The summed E-state index contributed by atoms with van der Waals surface area (Å²) in [5.74, 6) is -0.543. The van der Waals surface area contributed by atoms with Gasteiger partial charge in [-0.3, -0.25) is 9.97 Å². The van der Waals surface area contributed by atoms with Gasteiger partial charge in [-0.25, -0.2) is 13.4 Å². The Balaban J connectivity index is 2.14. The number of rotatable bonds is 4. The lowest BCUT2D eigenvalue weighted by molar-refractivity contribution is -0.141. The van der Waals surface area contributed by atoms with Crippen molar-refractivity contribution >= 4 is 9.84 Å². The number of hydrogen-bond acceptors (Lipinski definition) is 5. The summed E-state index contributed by atoms with van der Waals surface area (Å²) in [4.78, 5) is 10.4. The lowest BCUT2D eigenvalue weighted by Gasteiger charge is -2.13. The van der Waals surface area contributed by atoms with E-state index in [-0.39, 0.29) is 22.8 Å². The van der Waals surface area contributed by atoms with Crippen molar-refractivity contribution in [3.63, 3.8) is 0 Å². The molecule has 0 aliphatic heterocycles. The fourth-order valence-corrected chi connectivity index (χ4v) is 3.83. The minimum Gasteiger partial charge on any atom is -0.326 e. The van der Waals surface area contributed by atoms with Crippen LogP contribution in [0.5, 0.6) is 0 Å². The van der Waals surface area contributed by atoms with Gasteiger partial charge in [0.15, 0.2) is 15.7 Å². The molecule has 0 spiro atoms. The van der Waals surface area contributed by atoms with Crippen molar-refractivity contribution in [1.29, 1.82) is 0 Å². The van der Waals surface area contributed by atoms with E-state index in [1.54, 1.807) is 0 Å². The maximum atomic E-state index is 13.1. The highest BCUT2D eigenvalue weighted by Crippen LogP contribution is 2.35. The predicted octanol–water partition coefficient (Wildman–Crippen LogP) is 4.38. The van der Waals surface area contributed by atoms with Gasteiger partial charge in [0.25, 0.3) is 0 Å². The van der Waals surface area contributed by atoms with Crippen LogP contribution in [-0.4, -0.2) is 33.7 Å². The van der Waals surface area contributed by atoms with E-state index in [0.717, 1.165) is 18.3 Å². The van der Waals surface area contributed by atoms with Crippen LogP contribution >= 0.6 is 0 Å². The van der Waals surface area contributed by atoms with E-state index in [0.29, 0.717) is 12.3 Å². The van der Waals surface area contributed by atoms with Gasteiger partial charge in [-0.1, -0.05) is 6.92 Å². The van der Waals surface area contributed by atoms with Gasteiger partial charge in [-0.05, 0) is 18.2 Å². The molecule has 0 saturated heterocycles. The zero-order valence-corrected chi connectivity index (χ0v) is 16.8. The standard InChI is InChI=1S/C18H14F6N4O2S/c1-3-31(29,30)13-6-11(17(19,20)21)8-26-15(13)16-27-9-12(28(16)2)10-4-5-14(25-7-10)18(22,23)24/h4-9H,3H2,1-2H3. The Kier molecular flexibility index (Phi) is 5.59. The molecule has 0 aromatic carbocycles. The summed E-state index contributed by atoms with van der Waals surface area (Å²) in [5, 5.41) is 0. The Morgan fingerprint density at radius 3 is 2.13 bits per heavy atom. The number of aromatic nitrogens is 4. The average Bonchev–Trinajstić information content (AvgIpc) is 3.07. The molecule has 166 valence electrons. The Morgan fingerprint density at radius 1 is 0.935 bits per heavy atom. The second-order valence-electron chi connectivity index (χ2n) is 6.43. The topological polar surface area (TPSA) is 77.7 Å². The van der Waals surface area contributed by atoms with Crippen LogP contribution in [0.15, 0.2) is 41.7 Å². The first-order chi connectivity index (χ1) is 14.3. The normalized spacial score (nSPS) is 12.9. The number of nitrogens with zero attached hydrogens (tertiary/aromatic N) is 4. The van der Waals surface area contributed by atoms with Crippen molar-refractivity contribution in [1.82, 2.24) is 19.5 Å². The van der Waals surface area contributed by atoms with Gasteiger partial charge < -0.3 is 4.57 Å². The molecule has 0 unspecified atom stereocenters. The SMILES string of the molecule is CCS(=O)(=O)c1cc(C(F)(F)F)cnc1-c1ncc(-c2ccc(C(F)(F)F)nc2)n1C. The molecule has 0 aliphatic rings. The van der Waals surface area contributed by atoms with E-state index in [9.17, 15) is 34.8 Å². The summed E-state index contributed by atoms with van der Waals surface area (Å²) in [6.45, 7) is 1.27. The molecule has 0 saturated carbocycles. The zero-order valence-electron chi connectivity index (χ0n) is 16.0. The molecule has 13 heteroatoms. The van der Waals surface area contributed by atoms with E-state index < -0.39 is 44.1 Å². The van der Waals surface area contributed by atoms with Crippen LogP contribution in [0.25, 0.3) is 22.8 Å². The highest BCUT2D eigenvalue weighted by atomic mass is 32.2. The van der Waals surface area contributed by atoms with Crippen LogP contribution in [0.1, 0.15) is 18.2 Å². The third-order valence-electron chi connectivity index (χ3n) is 4.44. The number of imidazole rings is 1. The van der Waals surface area contributed by atoms with E-state index >= 15 is 0 Å². The molecule has 3 aromatic heterocycles. The number of sulfone groups is 1. The largest absolute Gasteiger partial charge is 0.433 e. The van der Waals surface area contributed by atoms with Crippen molar-refractivity contribution in [2.45, 2.75) is 24.2 Å². The molecule has 3 rings (SSSR count). The number of alkyl halides is 6. The summed E-state index contributed by atoms with van der Waals surface area (Å²) in [6.07, 6.45) is -6.72. The summed E-state index contributed by atoms with van der Waals surface area (Å²) in [6, 6.07) is 2.42. The maximum Gasteiger partial charge on any atom is 0.433 e. The Hall–Kier alpha value is -2.96. The summed E-state index contributed by atoms with van der Waals surface area (Å²) in [5.41, 5.74) is -2.13. The van der Waals surface area contributed by atoms with Crippen LogP contribution in [-0.2, 0) is 29.2 Å². The lowest BCUT2D eigenvalue weighted by Crippen LogP contribution is -2.13. The Labute approximate surface area is 172 Å². The molecule has 0 N–H and O–H groups in total. The monoisotopic (exact) mass is 464 g/mol. The molecule has 3 aromatic rings. The van der Waals surface area contributed by atoms with Gasteiger partial charge in [0.1, 0.15) is 11.4 Å². The number of hydrogen-bond donors (Lipinski definition) is 0. The predicted molar refractivity (Wildman–Crippen MR) is 97.4 cm³/mol. The first-order valence-electron chi connectivity index (χ1n) is 8.61. The number of halogens is 6. The fraction of sp³-hybridized carbons (Fsp3) is 0.278. The van der Waals surface area contributed by atoms with E-state index in [2.05, 4.69) is 15.0 Å². The maximum absolute atomic E-state index is 13.1. The van der Waals surface area contributed by atoms with Gasteiger partial charge in [0, 0.05) is 25.0 Å². The van der Waals surface area contributed by atoms with E-state index in [1.807, 2.05) is 0 Å².